The second-order valence-electron chi connectivity index (χ2n) is 4.36. The zero-order valence-corrected chi connectivity index (χ0v) is 11.0. The quantitative estimate of drug-likeness (QED) is 0.778. The van der Waals surface area contributed by atoms with Gasteiger partial charge in [0.25, 0.3) is 0 Å². The summed E-state index contributed by atoms with van der Waals surface area (Å²) in [5.74, 6) is 0.773. The number of aryl methyl sites for hydroxylation is 1. The fraction of sp³-hybridized carbons (Fsp3) is 0.462. The van der Waals surface area contributed by atoms with Gasteiger partial charge in [-0.1, -0.05) is 13.3 Å². The Bertz CT molecular complexity index is 449. The Labute approximate surface area is 108 Å². The first kappa shape index (κ1) is 12.5. The summed E-state index contributed by atoms with van der Waals surface area (Å²) in [6, 6.07) is 0. The third-order valence-electron chi connectivity index (χ3n) is 2.82. The highest BCUT2D eigenvalue weighted by Gasteiger charge is 2.04. The van der Waals surface area contributed by atoms with Crippen LogP contribution in [0.3, 0.4) is 0 Å². The molecule has 96 valence electrons. The van der Waals surface area contributed by atoms with E-state index in [-0.39, 0.29) is 0 Å². The largest absolute Gasteiger partial charge is 0.342 e. The first-order valence-electron chi connectivity index (χ1n) is 6.27. The Morgan fingerprint density at radius 2 is 2.06 bits per heavy atom. The standard InChI is InChI=1S/C13H19N5/c1-3-4-12-9-15-13(16-10-12)17(2)7-8-18-6-5-14-11-18/h5-6,9-11H,3-4,7-8H2,1-2H3. The average Bonchev–Trinajstić information content (AvgIpc) is 2.90. The van der Waals surface area contributed by atoms with E-state index in [9.17, 15) is 0 Å². The van der Waals surface area contributed by atoms with Crippen molar-refractivity contribution in [3.63, 3.8) is 0 Å². The summed E-state index contributed by atoms with van der Waals surface area (Å²) in [5.41, 5.74) is 1.20. The van der Waals surface area contributed by atoms with Gasteiger partial charge in [-0.25, -0.2) is 15.0 Å². The minimum atomic E-state index is 0.773. The van der Waals surface area contributed by atoms with Crippen molar-refractivity contribution in [2.75, 3.05) is 18.5 Å². The molecule has 2 rings (SSSR count). The van der Waals surface area contributed by atoms with Crippen molar-refractivity contribution in [2.45, 2.75) is 26.3 Å². The predicted octanol–water partition coefficient (Wildman–Crippen LogP) is 1.76. The van der Waals surface area contributed by atoms with Crippen molar-refractivity contribution in [3.05, 3.63) is 36.7 Å². The van der Waals surface area contributed by atoms with E-state index in [1.165, 1.54) is 5.56 Å². The van der Waals surface area contributed by atoms with Crippen LogP contribution in [0.4, 0.5) is 5.95 Å². The maximum atomic E-state index is 4.39. The highest BCUT2D eigenvalue weighted by molar-refractivity contribution is 5.28. The van der Waals surface area contributed by atoms with Gasteiger partial charge in [-0.3, -0.25) is 0 Å². The van der Waals surface area contributed by atoms with E-state index in [1.807, 2.05) is 36.5 Å². The molecule has 0 aliphatic heterocycles. The maximum Gasteiger partial charge on any atom is 0.225 e. The molecule has 0 amide bonds. The number of rotatable bonds is 6. The number of likely N-dealkylation sites (N-methyl/N-ethyl adjacent to an activating group) is 1. The van der Waals surface area contributed by atoms with Gasteiger partial charge in [0.05, 0.1) is 6.33 Å². The predicted molar refractivity (Wildman–Crippen MR) is 71.5 cm³/mol. The van der Waals surface area contributed by atoms with Crippen molar-refractivity contribution >= 4 is 5.95 Å². The second kappa shape index (κ2) is 6.14. The number of imidazole rings is 1. The van der Waals surface area contributed by atoms with E-state index < -0.39 is 0 Å². The number of hydrogen-bond acceptors (Lipinski definition) is 4. The molecule has 0 radical (unpaired) electrons. The number of hydrogen-bond donors (Lipinski definition) is 0. The van der Waals surface area contributed by atoms with E-state index in [0.29, 0.717) is 0 Å². The molecule has 0 bridgehead atoms. The molecule has 0 N–H and O–H groups in total. The van der Waals surface area contributed by atoms with Gasteiger partial charge < -0.3 is 9.47 Å². The molecule has 0 saturated heterocycles. The fourth-order valence-corrected chi connectivity index (χ4v) is 1.75. The van der Waals surface area contributed by atoms with Gasteiger partial charge >= 0.3 is 0 Å². The Morgan fingerprint density at radius 1 is 1.28 bits per heavy atom. The lowest BCUT2D eigenvalue weighted by molar-refractivity contribution is 0.674. The van der Waals surface area contributed by atoms with Crippen LogP contribution in [0.5, 0.6) is 0 Å². The van der Waals surface area contributed by atoms with Gasteiger partial charge in [-0.05, 0) is 12.0 Å². The first-order chi connectivity index (χ1) is 8.79. The Balaban J connectivity index is 1.89. The third kappa shape index (κ3) is 3.29. The normalized spacial score (nSPS) is 10.6. The van der Waals surface area contributed by atoms with Gasteiger partial charge in [-0.2, -0.15) is 0 Å². The van der Waals surface area contributed by atoms with E-state index in [0.717, 1.165) is 31.9 Å². The molecule has 0 aliphatic carbocycles. The lowest BCUT2D eigenvalue weighted by atomic mass is 10.2. The van der Waals surface area contributed by atoms with Crippen LogP contribution in [0.2, 0.25) is 0 Å². The third-order valence-corrected chi connectivity index (χ3v) is 2.82. The molecule has 0 unspecified atom stereocenters. The van der Waals surface area contributed by atoms with Crippen molar-refractivity contribution in [3.8, 4) is 0 Å². The minimum Gasteiger partial charge on any atom is -0.342 e. The van der Waals surface area contributed by atoms with Crippen LogP contribution in [0.15, 0.2) is 31.1 Å². The summed E-state index contributed by atoms with van der Waals surface area (Å²) >= 11 is 0. The van der Waals surface area contributed by atoms with Gasteiger partial charge in [0.15, 0.2) is 0 Å². The van der Waals surface area contributed by atoms with Gasteiger partial charge in [0, 0.05) is 44.9 Å². The van der Waals surface area contributed by atoms with E-state index in [1.54, 1.807) is 6.20 Å². The smallest absolute Gasteiger partial charge is 0.225 e. The van der Waals surface area contributed by atoms with Crippen molar-refractivity contribution in [2.24, 2.45) is 0 Å². The first-order valence-corrected chi connectivity index (χ1v) is 6.27. The molecule has 2 aromatic heterocycles. The average molecular weight is 245 g/mol. The number of nitrogens with zero attached hydrogens (tertiary/aromatic N) is 5. The highest BCUT2D eigenvalue weighted by Crippen LogP contribution is 2.06. The van der Waals surface area contributed by atoms with E-state index >= 15 is 0 Å². The zero-order valence-electron chi connectivity index (χ0n) is 11.0. The summed E-state index contributed by atoms with van der Waals surface area (Å²) in [6.45, 7) is 3.91. The van der Waals surface area contributed by atoms with Gasteiger partial charge in [0.1, 0.15) is 0 Å². The lowest BCUT2D eigenvalue weighted by Gasteiger charge is -2.17. The molecule has 0 spiro atoms. The summed E-state index contributed by atoms with van der Waals surface area (Å²) < 4.78 is 2.04. The Hall–Kier alpha value is -1.91. The van der Waals surface area contributed by atoms with Crippen LogP contribution < -0.4 is 4.90 Å². The fourth-order valence-electron chi connectivity index (χ4n) is 1.75. The molecule has 18 heavy (non-hydrogen) atoms. The highest BCUT2D eigenvalue weighted by atomic mass is 15.2. The maximum absolute atomic E-state index is 4.39. The second-order valence-corrected chi connectivity index (χ2v) is 4.36. The molecule has 5 heteroatoms. The van der Waals surface area contributed by atoms with Crippen LogP contribution in [0, 0.1) is 0 Å². The zero-order chi connectivity index (χ0) is 12.8. The molecule has 0 aromatic carbocycles. The summed E-state index contributed by atoms with van der Waals surface area (Å²) in [7, 11) is 2.01. The summed E-state index contributed by atoms with van der Waals surface area (Å²) in [6.07, 6.45) is 11.6. The lowest BCUT2D eigenvalue weighted by Crippen LogP contribution is -2.24. The molecule has 5 nitrogen and oxygen atoms in total. The van der Waals surface area contributed by atoms with Gasteiger partial charge in [0.2, 0.25) is 5.95 Å². The van der Waals surface area contributed by atoms with Crippen LogP contribution >= 0.6 is 0 Å². The molecule has 2 heterocycles. The molecular formula is C13H19N5. The molecule has 0 saturated carbocycles. The Morgan fingerprint density at radius 3 is 2.67 bits per heavy atom. The van der Waals surface area contributed by atoms with Crippen molar-refractivity contribution in [1.82, 2.24) is 19.5 Å². The summed E-state index contributed by atoms with van der Waals surface area (Å²) in [5, 5.41) is 0. The van der Waals surface area contributed by atoms with Crippen LogP contribution in [0.1, 0.15) is 18.9 Å². The Kier molecular flexibility index (Phi) is 4.28. The van der Waals surface area contributed by atoms with Crippen LogP contribution in [0.25, 0.3) is 0 Å². The van der Waals surface area contributed by atoms with Gasteiger partial charge in [-0.15, -0.1) is 0 Å². The van der Waals surface area contributed by atoms with E-state index in [4.69, 9.17) is 0 Å². The van der Waals surface area contributed by atoms with Crippen molar-refractivity contribution < 1.29 is 0 Å². The molecule has 2 aromatic rings. The van der Waals surface area contributed by atoms with E-state index in [2.05, 4.69) is 26.8 Å². The summed E-state index contributed by atoms with van der Waals surface area (Å²) in [4.78, 5) is 14.8. The molecule has 0 fully saturated rings. The topological polar surface area (TPSA) is 46.8 Å². The number of anilines is 1. The minimum absolute atomic E-state index is 0.773. The molecule has 0 atom stereocenters. The molecular weight excluding hydrogens is 226 g/mol. The van der Waals surface area contributed by atoms with Crippen LogP contribution in [-0.2, 0) is 13.0 Å². The number of aromatic nitrogens is 4. The van der Waals surface area contributed by atoms with Crippen molar-refractivity contribution in [1.29, 1.82) is 0 Å². The van der Waals surface area contributed by atoms with Crippen LogP contribution in [-0.4, -0.2) is 33.1 Å². The molecule has 0 aliphatic rings. The monoisotopic (exact) mass is 245 g/mol. The SMILES string of the molecule is CCCc1cnc(N(C)CCn2ccnc2)nc1.